The molecule has 0 atom stereocenters. The molecule has 18 heavy (non-hydrogen) atoms. The number of carbonyl (C=O) groups excluding carboxylic acids is 1. The number of carbonyl (C=O) groups is 1. The Morgan fingerprint density at radius 2 is 1.83 bits per heavy atom. The Labute approximate surface area is 108 Å². The Morgan fingerprint density at radius 1 is 1.28 bits per heavy atom. The number of nitrogens with zero attached hydrogens (tertiary/aromatic N) is 1. The van der Waals surface area contributed by atoms with Gasteiger partial charge in [0.2, 0.25) is 0 Å². The van der Waals surface area contributed by atoms with Crippen molar-refractivity contribution >= 4 is 5.97 Å². The number of hydrogen-bond acceptors (Lipinski definition) is 4. The van der Waals surface area contributed by atoms with Gasteiger partial charge in [-0.3, -0.25) is 0 Å². The van der Waals surface area contributed by atoms with Crippen molar-refractivity contribution in [1.82, 2.24) is 4.98 Å². The minimum atomic E-state index is -1.05. The second kappa shape index (κ2) is 5.48. The lowest BCUT2D eigenvalue weighted by Crippen LogP contribution is -2.38. The molecule has 0 saturated heterocycles. The van der Waals surface area contributed by atoms with Crippen molar-refractivity contribution in [3.63, 3.8) is 0 Å². The predicted molar refractivity (Wildman–Crippen MR) is 69.1 cm³/mol. The summed E-state index contributed by atoms with van der Waals surface area (Å²) in [6, 6.07) is 5.03. The smallest absolute Gasteiger partial charge is 0.356 e. The lowest BCUT2D eigenvalue weighted by molar-refractivity contribution is -0.0569. The van der Waals surface area contributed by atoms with E-state index in [0.29, 0.717) is 5.69 Å². The molecule has 0 radical (unpaired) electrons. The maximum absolute atomic E-state index is 11.5. The number of aliphatic hydroxyl groups is 1. The third-order valence-corrected chi connectivity index (χ3v) is 3.31. The molecule has 1 rings (SSSR count). The molecule has 0 aliphatic rings. The summed E-state index contributed by atoms with van der Waals surface area (Å²) >= 11 is 0. The van der Waals surface area contributed by atoms with Gasteiger partial charge >= 0.3 is 5.97 Å². The molecule has 0 amide bonds. The molecule has 0 aliphatic carbocycles. The molecule has 0 saturated carbocycles. The minimum absolute atomic E-state index is 0.00195. The summed E-state index contributed by atoms with van der Waals surface area (Å²) < 4.78 is 4.64. The second-order valence-corrected chi connectivity index (χ2v) is 5.03. The molecule has 0 aliphatic heterocycles. The van der Waals surface area contributed by atoms with Gasteiger partial charge in [0.25, 0.3) is 0 Å². The summed E-state index contributed by atoms with van der Waals surface area (Å²) in [5, 5.41) is 10.8. The molecule has 4 heteroatoms. The standard InChI is InChI=1S/C14H21NO3/c1-9(2)14(17,10(3)4)12-8-6-7-11(15-12)13(16)18-5/h6-10,17H,1-5H3. The van der Waals surface area contributed by atoms with E-state index in [1.807, 2.05) is 27.7 Å². The van der Waals surface area contributed by atoms with E-state index in [1.165, 1.54) is 7.11 Å². The number of rotatable bonds is 4. The number of pyridine rings is 1. The van der Waals surface area contributed by atoms with Gasteiger partial charge in [-0.25, -0.2) is 9.78 Å². The normalized spacial score (nSPS) is 12.0. The van der Waals surface area contributed by atoms with Crippen molar-refractivity contribution in [2.24, 2.45) is 11.8 Å². The Hall–Kier alpha value is -1.42. The van der Waals surface area contributed by atoms with Crippen molar-refractivity contribution in [1.29, 1.82) is 0 Å². The molecule has 0 aromatic carbocycles. The van der Waals surface area contributed by atoms with Crippen LogP contribution in [-0.4, -0.2) is 23.2 Å². The molecule has 100 valence electrons. The van der Waals surface area contributed by atoms with E-state index >= 15 is 0 Å². The van der Waals surface area contributed by atoms with Crippen LogP contribution in [-0.2, 0) is 10.3 Å². The Morgan fingerprint density at radius 3 is 2.28 bits per heavy atom. The van der Waals surface area contributed by atoms with E-state index in [2.05, 4.69) is 9.72 Å². The van der Waals surface area contributed by atoms with Crippen LogP contribution in [0, 0.1) is 11.8 Å². The van der Waals surface area contributed by atoms with Crippen molar-refractivity contribution in [2.75, 3.05) is 7.11 Å². The first kappa shape index (κ1) is 14.6. The summed E-state index contributed by atoms with van der Waals surface area (Å²) in [5.74, 6) is -0.498. The van der Waals surface area contributed by atoms with Gasteiger partial charge in [0.05, 0.1) is 12.8 Å². The molecule has 0 spiro atoms. The Balaban J connectivity index is 3.27. The summed E-state index contributed by atoms with van der Waals surface area (Å²) in [7, 11) is 1.31. The van der Waals surface area contributed by atoms with Gasteiger partial charge in [0, 0.05) is 0 Å². The van der Waals surface area contributed by atoms with E-state index in [4.69, 9.17) is 0 Å². The summed E-state index contributed by atoms with van der Waals surface area (Å²) in [5.41, 5.74) is -0.325. The molecule has 1 heterocycles. The van der Waals surface area contributed by atoms with Crippen LogP contribution in [0.1, 0.15) is 43.9 Å². The van der Waals surface area contributed by atoms with Crippen LogP contribution in [0.4, 0.5) is 0 Å². The highest BCUT2D eigenvalue weighted by molar-refractivity contribution is 5.87. The highest BCUT2D eigenvalue weighted by atomic mass is 16.5. The predicted octanol–water partition coefficient (Wildman–Crippen LogP) is 2.37. The summed E-state index contributed by atoms with van der Waals surface area (Å²) in [6.07, 6.45) is 0. The molecule has 1 N–H and O–H groups in total. The number of ether oxygens (including phenoxy) is 1. The van der Waals surface area contributed by atoms with E-state index in [0.717, 1.165) is 0 Å². The van der Waals surface area contributed by atoms with Crippen molar-refractivity contribution in [3.05, 3.63) is 29.6 Å². The highest BCUT2D eigenvalue weighted by Crippen LogP contribution is 2.35. The summed E-state index contributed by atoms with van der Waals surface area (Å²) in [6.45, 7) is 7.75. The van der Waals surface area contributed by atoms with Crippen LogP contribution in [0.3, 0.4) is 0 Å². The third-order valence-electron chi connectivity index (χ3n) is 3.31. The van der Waals surface area contributed by atoms with Gasteiger partial charge < -0.3 is 9.84 Å². The lowest BCUT2D eigenvalue weighted by atomic mass is 9.77. The quantitative estimate of drug-likeness (QED) is 0.835. The fraction of sp³-hybridized carbons (Fsp3) is 0.571. The first-order valence-corrected chi connectivity index (χ1v) is 6.12. The van der Waals surface area contributed by atoms with Gasteiger partial charge in [-0.1, -0.05) is 33.8 Å². The third kappa shape index (κ3) is 2.53. The van der Waals surface area contributed by atoms with Crippen LogP contribution >= 0.6 is 0 Å². The Bertz CT molecular complexity index is 419. The summed E-state index contributed by atoms with van der Waals surface area (Å²) in [4.78, 5) is 15.7. The number of methoxy groups -OCH3 is 1. The first-order valence-electron chi connectivity index (χ1n) is 6.12. The maximum atomic E-state index is 11.5. The van der Waals surface area contributed by atoms with E-state index < -0.39 is 11.6 Å². The lowest BCUT2D eigenvalue weighted by Gasteiger charge is -2.35. The van der Waals surface area contributed by atoms with Crippen LogP contribution in [0.2, 0.25) is 0 Å². The van der Waals surface area contributed by atoms with Crippen LogP contribution in [0.25, 0.3) is 0 Å². The maximum Gasteiger partial charge on any atom is 0.356 e. The minimum Gasteiger partial charge on any atom is -0.464 e. The van der Waals surface area contributed by atoms with Crippen molar-refractivity contribution in [3.8, 4) is 0 Å². The molecule has 0 fully saturated rings. The van der Waals surface area contributed by atoms with Gasteiger partial charge in [0.15, 0.2) is 0 Å². The van der Waals surface area contributed by atoms with Crippen LogP contribution in [0.15, 0.2) is 18.2 Å². The largest absolute Gasteiger partial charge is 0.464 e. The van der Waals surface area contributed by atoms with Crippen molar-refractivity contribution in [2.45, 2.75) is 33.3 Å². The molecular formula is C14H21NO3. The molecule has 0 unspecified atom stereocenters. The number of esters is 1. The van der Waals surface area contributed by atoms with Gasteiger partial charge in [0.1, 0.15) is 11.3 Å². The molecular weight excluding hydrogens is 230 g/mol. The first-order chi connectivity index (χ1) is 8.33. The van der Waals surface area contributed by atoms with Crippen LogP contribution in [0.5, 0.6) is 0 Å². The number of hydrogen-bond donors (Lipinski definition) is 1. The zero-order chi connectivity index (χ0) is 13.9. The van der Waals surface area contributed by atoms with E-state index in [1.54, 1.807) is 18.2 Å². The fourth-order valence-electron chi connectivity index (χ4n) is 2.13. The second-order valence-electron chi connectivity index (χ2n) is 5.03. The topological polar surface area (TPSA) is 59.4 Å². The van der Waals surface area contributed by atoms with Crippen molar-refractivity contribution < 1.29 is 14.6 Å². The van der Waals surface area contributed by atoms with Gasteiger partial charge in [-0.05, 0) is 24.0 Å². The zero-order valence-electron chi connectivity index (χ0n) is 11.6. The average Bonchev–Trinajstić information content (AvgIpc) is 2.36. The molecule has 4 nitrogen and oxygen atoms in total. The van der Waals surface area contributed by atoms with E-state index in [9.17, 15) is 9.90 Å². The molecule has 0 bridgehead atoms. The SMILES string of the molecule is COC(=O)c1cccc(C(O)(C(C)C)C(C)C)n1. The average molecular weight is 251 g/mol. The number of aromatic nitrogens is 1. The molecule has 1 aromatic heterocycles. The van der Waals surface area contributed by atoms with Gasteiger partial charge in [-0.2, -0.15) is 0 Å². The van der Waals surface area contributed by atoms with Crippen LogP contribution < -0.4 is 0 Å². The fourth-order valence-corrected chi connectivity index (χ4v) is 2.13. The van der Waals surface area contributed by atoms with E-state index in [-0.39, 0.29) is 17.5 Å². The highest BCUT2D eigenvalue weighted by Gasteiger charge is 2.38. The zero-order valence-corrected chi connectivity index (χ0v) is 11.6. The Kier molecular flexibility index (Phi) is 4.46. The molecule has 1 aromatic rings. The monoisotopic (exact) mass is 251 g/mol. The van der Waals surface area contributed by atoms with Gasteiger partial charge in [-0.15, -0.1) is 0 Å².